The predicted molar refractivity (Wildman–Crippen MR) is 132 cm³/mol. The quantitative estimate of drug-likeness (QED) is 0.222. The predicted octanol–water partition coefficient (Wildman–Crippen LogP) is 3.38. The van der Waals surface area contributed by atoms with E-state index >= 15 is 0 Å². The number of nitrogens with zero attached hydrogens (tertiary/aromatic N) is 4. The van der Waals surface area contributed by atoms with Gasteiger partial charge in [0.25, 0.3) is 0 Å². The van der Waals surface area contributed by atoms with E-state index in [-0.39, 0.29) is 28.5 Å². The minimum atomic E-state index is -1.96. The molecule has 3 heterocycles. The number of aliphatic hydroxyl groups is 1. The normalized spacial score (nSPS) is 23.0. The lowest BCUT2D eigenvalue weighted by Gasteiger charge is -2.30. The number of aromatic nitrogens is 4. The molecule has 0 aliphatic carbocycles. The largest absolute Gasteiger partial charge is 0.459 e. The molecule has 10 nitrogen and oxygen atoms in total. The summed E-state index contributed by atoms with van der Waals surface area (Å²) in [5, 5.41) is 11.9. The van der Waals surface area contributed by atoms with Crippen LogP contribution in [0.15, 0.2) is 86.0 Å². The molecule has 1 saturated heterocycles. The first-order chi connectivity index (χ1) is 17.9. The van der Waals surface area contributed by atoms with Gasteiger partial charge in [-0.25, -0.2) is 24.5 Å². The molecule has 0 unspecified atom stereocenters. The summed E-state index contributed by atoms with van der Waals surface area (Å²) in [6.45, 7) is 3.43. The van der Waals surface area contributed by atoms with Crippen molar-refractivity contribution in [1.29, 1.82) is 0 Å². The highest BCUT2D eigenvalue weighted by molar-refractivity contribution is 6.33. The third kappa shape index (κ3) is 4.57. The number of hydrogen-bond donors (Lipinski definition) is 1. The Morgan fingerprint density at radius 2 is 1.70 bits per heavy atom. The van der Waals surface area contributed by atoms with Crippen molar-refractivity contribution in [3.63, 3.8) is 0 Å². The molecule has 0 saturated carbocycles. The van der Waals surface area contributed by atoms with E-state index in [2.05, 4.69) is 21.5 Å². The maximum Gasteiger partial charge on any atom is 0.338 e. The second-order valence-corrected chi connectivity index (χ2v) is 8.62. The van der Waals surface area contributed by atoms with Crippen molar-refractivity contribution in [3.05, 3.63) is 102 Å². The van der Waals surface area contributed by atoms with Crippen molar-refractivity contribution >= 4 is 34.7 Å². The highest BCUT2D eigenvalue weighted by Gasteiger charge is 2.58. The molecule has 1 aliphatic heterocycles. The van der Waals surface area contributed by atoms with Gasteiger partial charge in [0.15, 0.2) is 28.7 Å². The summed E-state index contributed by atoms with van der Waals surface area (Å²) >= 11 is 6.14. The van der Waals surface area contributed by atoms with Crippen LogP contribution in [0, 0.1) is 0 Å². The van der Waals surface area contributed by atoms with Crippen molar-refractivity contribution < 1.29 is 28.9 Å². The maximum atomic E-state index is 13.0. The van der Waals surface area contributed by atoms with Crippen LogP contribution in [0.25, 0.3) is 11.2 Å². The molecule has 1 fully saturated rings. The summed E-state index contributed by atoms with van der Waals surface area (Å²) in [5.74, 6) is -1.30. The Kier molecular flexibility index (Phi) is 6.70. The Hall–Kier alpha value is -4.12. The highest BCUT2D eigenvalue weighted by atomic mass is 35.5. The number of halogens is 1. The molecule has 5 rings (SSSR count). The number of imidazole rings is 1. The number of fused-ring (bicyclic) bond motifs is 1. The summed E-state index contributed by atoms with van der Waals surface area (Å²) in [6.07, 6.45) is 0.267. The second-order valence-electron chi connectivity index (χ2n) is 8.26. The molecule has 188 valence electrons. The Bertz CT molecular complexity index is 1450. The van der Waals surface area contributed by atoms with Gasteiger partial charge < -0.3 is 19.3 Å². The second kappa shape index (κ2) is 10.1. The van der Waals surface area contributed by atoms with Crippen LogP contribution in [0.2, 0.25) is 5.15 Å². The molecule has 2 aromatic carbocycles. The SMILES string of the molecule is C=C[C@@]1(O)[C@H](OC(=O)c2ccccc2)[C@@H](COC(=O)c2ccccc2)O[C@H]1n1cnc2c(Cl)ncnc21. The van der Waals surface area contributed by atoms with E-state index in [0.29, 0.717) is 5.56 Å². The number of ether oxygens (including phenoxy) is 3. The molecule has 37 heavy (non-hydrogen) atoms. The Morgan fingerprint density at radius 1 is 1.05 bits per heavy atom. The van der Waals surface area contributed by atoms with Gasteiger partial charge in [-0.3, -0.25) is 4.57 Å². The van der Waals surface area contributed by atoms with Gasteiger partial charge in [-0.2, -0.15) is 0 Å². The Morgan fingerprint density at radius 3 is 2.35 bits per heavy atom. The molecule has 1 N–H and O–H groups in total. The van der Waals surface area contributed by atoms with Crippen molar-refractivity contribution in [2.75, 3.05) is 6.61 Å². The summed E-state index contributed by atoms with van der Waals surface area (Å²) < 4.78 is 18.8. The Balaban J connectivity index is 1.49. The van der Waals surface area contributed by atoms with Crippen LogP contribution in [0.5, 0.6) is 0 Å². The van der Waals surface area contributed by atoms with E-state index in [1.54, 1.807) is 60.7 Å². The van der Waals surface area contributed by atoms with Crippen molar-refractivity contribution in [2.45, 2.75) is 24.0 Å². The van der Waals surface area contributed by atoms with Gasteiger partial charge in [0.05, 0.1) is 17.5 Å². The van der Waals surface area contributed by atoms with E-state index in [0.717, 1.165) is 0 Å². The topological polar surface area (TPSA) is 126 Å². The van der Waals surface area contributed by atoms with E-state index < -0.39 is 36.0 Å². The Labute approximate surface area is 216 Å². The zero-order valence-corrected chi connectivity index (χ0v) is 20.1. The zero-order chi connectivity index (χ0) is 26.0. The fourth-order valence-corrected chi connectivity index (χ4v) is 4.33. The number of carbonyl (C=O) groups excluding carboxylic acids is 2. The van der Waals surface area contributed by atoms with E-state index in [1.807, 2.05) is 0 Å². The summed E-state index contributed by atoms with van der Waals surface area (Å²) in [4.78, 5) is 37.9. The molecule has 0 radical (unpaired) electrons. The molecule has 11 heteroatoms. The van der Waals surface area contributed by atoms with Crippen LogP contribution in [0.1, 0.15) is 26.9 Å². The third-order valence-electron chi connectivity index (χ3n) is 6.02. The average Bonchev–Trinajstić information content (AvgIpc) is 3.48. The first kappa shape index (κ1) is 24.6. The molecule has 2 aromatic heterocycles. The average molecular weight is 521 g/mol. The maximum absolute atomic E-state index is 13.0. The van der Waals surface area contributed by atoms with E-state index in [9.17, 15) is 14.7 Å². The molecule has 0 amide bonds. The molecular weight excluding hydrogens is 500 g/mol. The standard InChI is InChI=1S/C26H21ClN4O6/c1-2-26(34)20(37-24(33)17-11-7-4-8-12-17)18(13-35-23(32)16-9-5-3-6-10-16)36-25(26)31-15-30-19-21(27)28-14-29-22(19)31/h2-12,14-15,18,20,25,34H,1,13H2/t18-,20-,25-,26-/m1/s1. The molecule has 4 aromatic rings. The lowest BCUT2D eigenvalue weighted by atomic mass is 9.93. The van der Waals surface area contributed by atoms with Crippen LogP contribution < -0.4 is 0 Å². The van der Waals surface area contributed by atoms with E-state index in [4.69, 9.17) is 25.8 Å². The van der Waals surface area contributed by atoms with Crippen LogP contribution in [0.4, 0.5) is 0 Å². The summed E-state index contributed by atoms with van der Waals surface area (Å²) in [7, 11) is 0. The van der Waals surface area contributed by atoms with Gasteiger partial charge in [0.1, 0.15) is 24.6 Å². The lowest BCUT2D eigenvalue weighted by Crippen LogP contribution is -2.48. The number of hydrogen-bond acceptors (Lipinski definition) is 9. The van der Waals surface area contributed by atoms with Gasteiger partial charge in [-0.1, -0.05) is 60.7 Å². The summed E-state index contributed by atoms with van der Waals surface area (Å²) in [5.41, 5.74) is -0.790. The number of carbonyl (C=O) groups is 2. The van der Waals surface area contributed by atoms with Crippen LogP contribution in [-0.4, -0.2) is 61.0 Å². The molecule has 4 atom stereocenters. The van der Waals surface area contributed by atoms with Crippen LogP contribution in [0.3, 0.4) is 0 Å². The number of benzene rings is 2. The zero-order valence-electron chi connectivity index (χ0n) is 19.3. The van der Waals surface area contributed by atoms with Crippen LogP contribution in [-0.2, 0) is 14.2 Å². The first-order valence-corrected chi connectivity index (χ1v) is 11.6. The monoisotopic (exact) mass is 520 g/mol. The van der Waals surface area contributed by atoms with Gasteiger partial charge in [0, 0.05) is 0 Å². The lowest BCUT2D eigenvalue weighted by molar-refractivity contribution is -0.0796. The molecular formula is C26H21ClN4O6. The highest BCUT2D eigenvalue weighted by Crippen LogP contribution is 2.43. The van der Waals surface area contributed by atoms with Crippen molar-refractivity contribution in [1.82, 2.24) is 19.5 Å². The van der Waals surface area contributed by atoms with Gasteiger partial charge in [-0.05, 0) is 24.3 Å². The minimum absolute atomic E-state index is 0.115. The number of esters is 2. The fourth-order valence-electron chi connectivity index (χ4n) is 4.15. The van der Waals surface area contributed by atoms with Crippen molar-refractivity contribution in [3.8, 4) is 0 Å². The summed E-state index contributed by atoms with van der Waals surface area (Å²) in [6, 6.07) is 16.7. The van der Waals surface area contributed by atoms with Gasteiger partial charge >= 0.3 is 11.9 Å². The van der Waals surface area contributed by atoms with Crippen molar-refractivity contribution in [2.24, 2.45) is 0 Å². The fraction of sp³-hybridized carbons (Fsp3) is 0.192. The van der Waals surface area contributed by atoms with E-state index in [1.165, 1.54) is 23.3 Å². The smallest absolute Gasteiger partial charge is 0.338 e. The first-order valence-electron chi connectivity index (χ1n) is 11.2. The molecule has 1 aliphatic rings. The third-order valence-corrected chi connectivity index (χ3v) is 6.29. The van der Waals surface area contributed by atoms with Gasteiger partial charge in [-0.15, -0.1) is 0 Å². The number of rotatable bonds is 7. The molecule has 0 spiro atoms. The molecule has 0 bridgehead atoms. The minimum Gasteiger partial charge on any atom is -0.459 e. The van der Waals surface area contributed by atoms with Crippen LogP contribution >= 0.6 is 11.6 Å². The van der Waals surface area contributed by atoms with Gasteiger partial charge in [0.2, 0.25) is 0 Å².